The molecule has 0 aliphatic carbocycles. The quantitative estimate of drug-likeness (QED) is 0.0702. The van der Waals surface area contributed by atoms with Crippen LogP contribution in [0.25, 0.3) is 10.9 Å². The fourth-order valence-electron chi connectivity index (χ4n) is 7.57. The maximum Gasteiger partial charge on any atom is 0.389 e. The molecule has 4 heterocycles. The van der Waals surface area contributed by atoms with E-state index in [1.807, 2.05) is 16.4 Å². The second kappa shape index (κ2) is 19.1. The number of amides is 2. The predicted molar refractivity (Wildman–Crippen MR) is 204 cm³/mol. The van der Waals surface area contributed by atoms with Crippen LogP contribution < -0.4 is 20.7 Å². The molecule has 0 bridgehead atoms. The molecule has 13 nitrogen and oxygen atoms in total. The molecule has 2 aliphatic heterocycles. The van der Waals surface area contributed by atoms with Crippen molar-refractivity contribution in [1.29, 1.82) is 0 Å². The van der Waals surface area contributed by atoms with Crippen LogP contribution >= 0.6 is 0 Å². The standard InChI is InChI=1S/C38H46F5N9O4S/c1-50-33-19-28(5-6-32(33)35(49-50)48-34(54)7-12-44-24-53)27-8-13-51(14-9-27)23-26(20-38(41,42)43)17-25-3-2-4-31(18-25)57(55)52-15-10-29(11-16-52)47-37-45-21-30(22-46-37)56-36(39)40/h2-6,18-19,21-22,24,26-27,29,36H,7-17,20,23H2,1H3,(H,44,53)(H,45,46,47)(H,48,49,54). The van der Waals surface area contributed by atoms with Crippen LogP contribution in [0.5, 0.6) is 5.75 Å². The number of piperidine rings is 2. The zero-order valence-electron chi connectivity index (χ0n) is 31.4. The van der Waals surface area contributed by atoms with Gasteiger partial charge in [-0.2, -0.15) is 27.1 Å². The summed E-state index contributed by atoms with van der Waals surface area (Å²) < 4.78 is 87.8. The molecule has 4 aromatic rings. The maximum atomic E-state index is 13.9. The molecule has 2 aliphatic rings. The number of ether oxygens (including phenoxy) is 1. The van der Waals surface area contributed by atoms with Crippen molar-refractivity contribution >= 4 is 46.0 Å². The second-order valence-corrected chi connectivity index (χ2v) is 15.9. The van der Waals surface area contributed by atoms with Crippen LogP contribution in [-0.2, 0) is 34.0 Å². The summed E-state index contributed by atoms with van der Waals surface area (Å²) in [4.78, 5) is 33.4. The van der Waals surface area contributed by atoms with Crippen molar-refractivity contribution in [3.63, 3.8) is 0 Å². The first kappa shape index (κ1) is 41.9. The van der Waals surface area contributed by atoms with Gasteiger partial charge in [0, 0.05) is 57.5 Å². The molecule has 0 radical (unpaired) electrons. The molecule has 0 saturated carbocycles. The van der Waals surface area contributed by atoms with E-state index >= 15 is 0 Å². The number of likely N-dealkylation sites (tertiary alicyclic amines) is 1. The summed E-state index contributed by atoms with van der Waals surface area (Å²) in [5.41, 5.74) is 2.67. The number of halogens is 5. The number of nitrogens with one attached hydrogen (secondary N) is 3. The number of rotatable bonds is 17. The van der Waals surface area contributed by atoms with Crippen LogP contribution in [-0.4, -0.2) is 104 Å². The SMILES string of the molecule is Cn1nc(NC(=O)CCNC=O)c2ccc(C3CCN(CC(Cc4cccc(S(=O)N5CCC(Nc6ncc(OC(F)F)cn6)CC5)c4)CC(F)(F)F)CC3)cc21. The van der Waals surface area contributed by atoms with Crippen molar-refractivity contribution in [3.05, 3.63) is 66.0 Å². The van der Waals surface area contributed by atoms with Gasteiger partial charge < -0.3 is 25.6 Å². The van der Waals surface area contributed by atoms with Crippen LogP contribution in [0.3, 0.4) is 0 Å². The van der Waals surface area contributed by atoms with Crippen molar-refractivity contribution in [3.8, 4) is 5.75 Å². The lowest BCUT2D eigenvalue weighted by molar-refractivity contribution is -0.146. The molecule has 2 saturated heterocycles. The maximum absolute atomic E-state index is 13.9. The second-order valence-electron chi connectivity index (χ2n) is 14.4. The van der Waals surface area contributed by atoms with Crippen LogP contribution in [0.2, 0.25) is 0 Å². The number of carbonyl (C=O) groups excluding carboxylic acids is 2. The van der Waals surface area contributed by atoms with Gasteiger partial charge in [0.05, 0.1) is 22.8 Å². The lowest BCUT2D eigenvalue weighted by atomic mass is 9.88. The number of benzene rings is 2. The minimum Gasteiger partial charge on any atom is -0.432 e. The van der Waals surface area contributed by atoms with E-state index in [9.17, 15) is 35.8 Å². The number of aromatic nitrogens is 4. The summed E-state index contributed by atoms with van der Waals surface area (Å²) in [7, 11) is 0.290. The molecule has 19 heteroatoms. The summed E-state index contributed by atoms with van der Waals surface area (Å²) in [6.45, 7) is -0.174. The normalized spacial score (nSPS) is 17.4. The van der Waals surface area contributed by atoms with Crippen molar-refractivity contribution in [1.82, 2.24) is 34.3 Å². The number of anilines is 2. The molecule has 6 rings (SSSR count). The Kier molecular flexibility index (Phi) is 14.1. The Morgan fingerprint density at radius 1 is 1.04 bits per heavy atom. The number of carbonyl (C=O) groups is 2. The molecule has 2 aromatic heterocycles. The van der Waals surface area contributed by atoms with E-state index in [2.05, 4.69) is 46.7 Å². The Hall–Kier alpha value is -4.75. The highest BCUT2D eigenvalue weighted by Crippen LogP contribution is 2.34. The minimum absolute atomic E-state index is 0.0250. The first-order valence-electron chi connectivity index (χ1n) is 18.9. The minimum atomic E-state index is -4.34. The molecular weight excluding hydrogens is 774 g/mol. The van der Waals surface area contributed by atoms with Crippen LogP contribution in [0, 0.1) is 5.92 Å². The first-order chi connectivity index (χ1) is 27.3. The number of fused-ring (bicyclic) bond motifs is 1. The van der Waals surface area contributed by atoms with E-state index in [1.165, 1.54) is 0 Å². The van der Waals surface area contributed by atoms with Gasteiger partial charge in [-0.1, -0.05) is 18.2 Å². The van der Waals surface area contributed by atoms with Gasteiger partial charge in [0.1, 0.15) is 11.0 Å². The van der Waals surface area contributed by atoms with Crippen molar-refractivity contribution < 1.29 is 40.5 Å². The van der Waals surface area contributed by atoms with Gasteiger partial charge in [0.2, 0.25) is 18.3 Å². The largest absolute Gasteiger partial charge is 0.432 e. The third kappa shape index (κ3) is 11.9. The van der Waals surface area contributed by atoms with Crippen LogP contribution in [0.4, 0.5) is 33.7 Å². The van der Waals surface area contributed by atoms with Gasteiger partial charge in [0.25, 0.3) is 0 Å². The van der Waals surface area contributed by atoms with Crippen LogP contribution in [0.15, 0.2) is 59.8 Å². The third-order valence-corrected chi connectivity index (χ3v) is 11.8. The van der Waals surface area contributed by atoms with Gasteiger partial charge in [0.15, 0.2) is 11.6 Å². The summed E-state index contributed by atoms with van der Waals surface area (Å²) >= 11 is 0. The molecule has 2 aromatic carbocycles. The van der Waals surface area contributed by atoms with E-state index in [0.717, 1.165) is 41.7 Å². The average molecular weight is 820 g/mol. The zero-order valence-corrected chi connectivity index (χ0v) is 32.2. The Bertz CT molecular complexity index is 1990. The summed E-state index contributed by atoms with van der Waals surface area (Å²) in [6.07, 6.45) is 0.730. The van der Waals surface area contributed by atoms with E-state index in [-0.39, 0.29) is 55.5 Å². The number of hydrogen-bond donors (Lipinski definition) is 3. The number of nitrogens with zero attached hydrogens (tertiary/aromatic N) is 6. The molecule has 308 valence electrons. The monoisotopic (exact) mass is 819 g/mol. The Labute approximate surface area is 329 Å². The third-order valence-electron chi connectivity index (χ3n) is 10.3. The zero-order chi connectivity index (χ0) is 40.5. The molecule has 0 spiro atoms. The molecule has 2 atom stereocenters. The molecule has 3 N–H and O–H groups in total. The predicted octanol–water partition coefficient (Wildman–Crippen LogP) is 5.63. The van der Waals surface area contributed by atoms with Gasteiger partial charge in [-0.3, -0.25) is 14.3 Å². The highest BCUT2D eigenvalue weighted by atomic mass is 32.2. The van der Waals surface area contributed by atoms with Gasteiger partial charge in [-0.05, 0) is 92.4 Å². The van der Waals surface area contributed by atoms with Gasteiger partial charge in [-0.15, -0.1) is 0 Å². The molecular formula is C38H46F5N9O4S. The number of hydrogen-bond acceptors (Lipinski definition) is 9. The fraction of sp³-hybridized carbons (Fsp3) is 0.500. The van der Waals surface area contributed by atoms with Crippen molar-refractivity contribution in [2.24, 2.45) is 13.0 Å². The topological polar surface area (TPSA) is 147 Å². The Morgan fingerprint density at radius 3 is 2.46 bits per heavy atom. The molecule has 2 unspecified atom stereocenters. The van der Waals surface area contributed by atoms with Crippen LogP contribution in [0.1, 0.15) is 55.6 Å². The Morgan fingerprint density at radius 2 is 1.77 bits per heavy atom. The molecule has 2 amide bonds. The summed E-state index contributed by atoms with van der Waals surface area (Å²) in [5.74, 6) is -0.160. The first-order valence-corrected chi connectivity index (χ1v) is 20.0. The highest BCUT2D eigenvalue weighted by molar-refractivity contribution is 7.82. The summed E-state index contributed by atoms with van der Waals surface area (Å²) in [6, 6.07) is 13.0. The van der Waals surface area contributed by atoms with Gasteiger partial charge >= 0.3 is 12.8 Å². The van der Waals surface area contributed by atoms with Gasteiger partial charge in [-0.25, -0.2) is 18.5 Å². The van der Waals surface area contributed by atoms with E-state index in [0.29, 0.717) is 61.7 Å². The van der Waals surface area contributed by atoms with Crippen molar-refractivity contribution in [2.45, 2.75) is 74.6 Å². The molecule has 2 fully saturated rings. The van der Waals surface area contributed by atoms with E-state index < -0.39 is 36.1 Å². The molecule has 57 heavy (non-hydrogen) atoms. The summed E-state index contributed by atoms with van der Waals surface area (Å²) in [5, 5.41) is 13.7. The lowest BCUT2D eigenvalue weighted by Gasteiger charge is -2.35. The van der Waals surface area contributed by atoms with Crippen molar-refractivity contribution in [2.75, 3.05) is 49.9 Å². The smallest absolute Gasteiger partial charge is 0.389 e. The average Bonchev–Trinajstić information content (AvgIpc) is 3.48. The fourth-order valence-corrected chi connectivity index (χ4v) is 8.86. The van der Waals surface area contributed by atoms with E-state index in [1.54, 1.807) is 36.0 Å². The highest BCUT2D eigenvalue weighted by Gasteiger charge is 2.34. The number of alkyl halides is 5. The van der Waals surface area contributed by atoms with E-state index in [4.69, 9.17) is 0 Å². The lowest BCUT2D eigenvalue weighted by Crippen LogP contribution is -2.40. The Balaban J connectivity index is 1.01. The number of aryl methyl sites for hydroxylation is 1.